The van der Waals surface area contributed by atoms with Crippen LogP contribution in [0, 0.1) is 0 Å². The molecule has 3 aromatic rings. The van der Waals surface area contributed by atoms with Crippen LogP contribution in [-0.2, 0) is 6.42 Å². The highest BCUT2D eigenvalue weighted by Crippen LogP contribution is 2.36. The molecule has 0 spiro atoms. The molecule has 6 N–H and O–H groups in total. The van der Waals surface area contributed by atoms with Crippen LogP contribution < -0.4 is 17.2 Å². The van der Waals surface area contributed by atoms with E-state index in [0.29, 0.717) is 11.8 Å². The van der Waals surface area contributed by atoms with Crippen molar-refractivity contribution in [2.24, 2.45) is 0 Å². The summed E-state index contributed by atoms with van der Waals surface area (Å²) < 4.78 is 0. The maximum Gasteiger partial charge on any atom is 0.0314 e. The van der Waals surface area contributed by atoms with Crippen molar-refractivity contribution in [3.05, 3.63) is 89.5 Å². The Kier molecular flexibility index (Phi) is 4.94. The standard InChI is InChI=1S/C22H25N3/c1-15(17-4-10-20(24)11-5-17)22(18-6-12-21(25)13-7-18)14-16-2-8-19(23)9-3-16/h2-13,15,22H,14,23-25H2,1H3. The first-order valence-electron chi connectivity index (χ1n) is 8.58. The average molecular weight is 331 g/mol. The molecule has 128 valence electrons. The van der Waals surface area contributed by atoms with Gasteiger partial charge in [-0.25, -0.2) is 0 Å². The van der Waals surface area contributed by atoms with Crippen LogP contribution >= 0.6 is 0 Å². The summed E-state index contributed by atoms with van der Waals surface area (Å²) in [5.41, 5.74) is 23.8. The zero-order chi connectivity index (χ0) is 17.8. The minimum Gasteiger partial charge on any atom is -0.399 e. The van der Waals surface area contributed by atoms with Crippen LogP contribution in [0.15, 0.2) is 72.8 Å². The molecule has 0 saturated carbocycles. The van der Waals surface area contributed by atoms with Crippen LogP contribution in [0.3, 0.4) is 0 Å². The lowest BCUT2D eigenvalue weighted by molar-refractivity contribution is 0.572. The zero-order valence-electron chi connectivity index (χ0n) is 14.5. The van der Waals surface area contributed by atoms with E-state index in [1.807, 2.05) is 36.4 Å². The molecule has 3 nitrogen and oxygen atoms in total. The van der Waals surface area contributed by atoms with Crippen molar-refractivity contribution < 1.29 is 0 Å². The van der Waals surface area contributed by atoms with Crippen LogP contribution in [-0.4, -0.2) is 0 Å². The van der Waals surface area contributed by atoms with Gasteiger partial charge in [-0.1, -0.05) is 43.3 Å². The molecule has 0 aliphatic carbocycles. The highest BCUT2D eigenvalue weighted by Gasteiger charge is 2.21. The molecule has 0 saturated heterocycles. The summed E-state index contributed by atoms with van der Waals surface area (Å²) in [5, 5.41) is 0. The second-order valence-electron chi connectivity index (χ2n) is 6.67. The van der Waals surface area contributed by atoms with Gasteiger partial charge in [0.2, 0.25) is 0 Å². The molecule has 25 heavy (non-hydrogen) atoms. The predicted octanol–water partition coefficient (Wildman–Crippen LogP) is 4.56. The molecule has 0 bridgehead atoms. The Bertz CT molecular complexity index is 805. The molecule has 0 heterocycles. The zero-order valence-corrected chi connectivity index (χ0v) is 14.5. The van der Waals surface area contributed by atoms with Crippen molar-refractivity contribution in [2.45, 2.75) is 25.2 Å². The topological polar surface area (TPSA) is 78.1 Å². The van der Waals surface area contributed by atoms with E-state index in [4.69, 9.17) is 17.2 Å². The van der Waals surface area contributed by atoms with Crippen molar-refractivity contribution >= 4 is 17.1 Å². The normalized spacial score (nSPS) is 13.3. The van der Waals surface area contributed by atoms with Gasteiger partial charge in [0.05, 0.1) is 0 Å². The number of hydrogen-bond donors (Lipinski definition) is 3. The molecule has 2 atom stereocenters. The van der Waals surface area contributed by atoms with E-state index in [1.165, 1.54) is 16.7 Å². The first-order valence-corrected chi connectivity index (χ1v) is 8.58. The Labute approximate surface area is 149 Å². The number of anilines is 3. The Balaban J connectivity index is 1.94. The second kappa shape index (κ2) is 7.31. The van der Waals surface area contributed by atoms with Gasteiger partial charge in [-0.2, -0.15) is 0 Å². The SMILES string of the molecule is CC(c1ccc(N)cc1)C(Cc1ccc(N)cc1)c1ccc(N)cc1. The molecule has 0 aliphatic heterocycles. The van der Waals surface area contributed by atoms with Gasteiger partial charge in [0.1, 0.15) is 0 Å². The van der Waals surface area contributed by atoms with Crippen LogP contribution in [0.5, 0.6) is 0 Å². The molecule has 0 aromatic heterocycles. The van der Waals surface area contributed by atoms with E-state index in [-0.39, 0.29) is 0 Å². The number of benzene rings is 3. The molecule has 0 fully saturated rings. The minimum absolute atomic E-state index is 0.341. The summed E-state index contributed by atoms with van der Waals surface area (Å²) in [6.07, 6.45) is 0.940. The number of rotatable bonds is 5. The summed E-state index contributed by atoms with van der Waals surface area (Å²) in [5.74, 6) is 0.689. The first-order chi connectivity index (χ1) is 12.0. The fourth-order valence-electron chi connectivity index (χ4n) is 3.27. The molecule has 0 aliphatic rings. The van der Waals surface area contributed by atoms with Crippen LogP contribution in [0.4, 0.5) is 17.1 Å². The molecule has 0 radical (unpaired) electrons. The summed E-state index contributed by atoms with van der Waals surface area (Å²) in [7, 11) is 0. The molecular weight excluding hydrogens is 306 g/mol. The monoisotopic (exact) mass is 331 g/mol. The van der Waals surface area contributed by atoms with Crippen LogP contribution in [0.25, 0.3) is 0 Å². The van der Waals surface area contributed by atoms with E-state index >= 15 is 0 Å². The van der Waals surface area contributed by atoms with Gasteiger partial charge in [0.15, 0.2) is 0 Å². The lowest BCUT2D eigenvalue weighted by Gasteiger charge is -2.25. The van der Waals surface area contributed by atoms with Crippen molar-refractivity contribution in [3.63, 3.8) is 0 Å². The van der Waals surface area contributed by atoms with Crippen molar-refractivity contribution in [1.29, 1.82) is 0 Å². The maximum atomic E-state index is 5.87. The first kappa shape index (κ1) is 16.9. The van der Waals surface area contributed by atoms with Crippen molar-refractivity contribution in [2.75, 3.05) is 17.2 Å². The largest absolute Gasteiger partial charge is 0.399 e. The van der Waals surface area contributed by atoms with E-state index in [0.717, 1.165) is 23.5 Å². The van der Waals surface area contributed by atoms with Crippen molar-refractivity contribution in [3.8, 4) is 0 Å². The highest BCUT2D eigenvalue weighted by atomic mass is 14.5. The highest BCUT2D eigenvalue weighted by molar-refractivity contribution is 5.45. The molecule has 3 aromatic carbocycles. The molecule has 3 heteroatoms. The lowest BCUT2D eigenvalue weighted by atomic mass is 9.79. The van der Waals surface area contributed by atoms with Crippen molar-refractivity contribution in [1.82, 2.24) is 0 Å². The van der Waals surface area contributed by atoms with E-state index < -0.39 is 0 Å². The van der Waals surface area contributed by atoms with E-state index in [2.05, 4.69) is 43.3 Å². The summed E-state index contributed by atoms with van der Waals surface area (Å²) in [6.45, 7) is 2.27. The van der Waals surface area contributed by atoms with Gasteiger partial charge >= 0.3 is 0 Å². The third-order valence-corrected chi connectivity index (χ3v) is 4.87. The van der Waals surface area contributed by atoms with E-state index in [1.54, 1.807) is 0 Å². The average Bonchev–Trinajstić information content (AvgIpc) is 2.62. The predicted molar refractivity (Wildman–Crippen MR) is 107 cm³/mol. The lowest BCUT2D eigenvalue weighted by Crippen LogP contribution is -2.12. The molecule has 0 amide bonds. The molecular formula is C22H25N3. The van der Waals surface area contributed by atoms with Gasteiger partial charge < -0.3 is 17.2 Å². The number of nitrogen functional groups attached to an aromatic ring is 3. The second-order valence-corrected chi connectivity index (χ2v) is 6.67. The maximum absolute atomic E-state index is 5.87. The van der Waals surface area contributed by atoms with Crippen LogP contribution in [0.2, 0.25) is 0 Å². The summed E-state index contributed by atoms with van der Waals surface area (Å²) >= 11 is 0. The molecule has 3 rings (SSSR count). The van der Waals surface area contributed by atoms with Gasteiger partial charge in [-0.3, -0.25) is 0 Å². The quantitative estimate of drug-likeness (QED) is 0.600. The van der Waals surface area contributed by atoms with Gasteiger partial charge in [-0.15, -0.1) is 0 Å². The third kappa shape index (κ3) is 4.13. The third-order valence-electron chi connectivity index (χ3n) is 4.87. The Hall–Kier alpha value is -2.94. The smallest absolute Gasteiger partial charge is 0.0314 e. The van der Waals surface area contributed by atoms with Crippen LogP contribution in [0.1, 0.15) is 35.4 Å². The van der Waals surface area contributed by atoms with Gasteiger partial charge in [0, 0.05) is 17.1 Å². The Morgan fingerprint density at radius 3 is 1.48 bits per heavy atom. The summed E-state index contributed by atoms with van der Waals surface area (Å²) in [4.78, 5) is 0. The Morgan fingerprint density at radius 1 is 0.600 bits per heavy atom. The van der Waals surface area contributed by atoms with E-state index in [9.17, 15) is 0 Å². The summed E-state index contributed by atoms with van der Waals surface area (Å²) in [6, 6.07) is 24.5. The number of hydrogen-bond acceptors (Lipinski definition) is 3. The molecule has 2 unspecified atom stereocenters. The number of nitrogens with two attached hydrogens (primary N) is 3. The fraction of sp³-hybridized carbons (Fsp3) is 0.182. The van der Waals surface area contributed by atoms with Gasteiger partial charge in [0.25, 0.3) is 0 Å². The van der Waals surface area contributed by atoms with Gasteiger partial charge in [-0.05, 0) is 71.3 Å². The fourth-order valence-corrected chi connectivity index (χ4v) is 3.27. The minimum atomic E-state index is 0.341. The Morgan fingerprint density at radius 2 is 1.00 bits per heavy atom.